The van der Waals surface area contributed by atoms with Gasteiger partial charge >= 0.3 is 5.97 Å². The highest BCUT2D eigenvalue weighted by Crippen LogP contribution is 2.18. The first kappa shape index (κ1) is 78.8. The van der Waals surface area contributed by atoms with Gasteiger partial charge in [-0.15, -0.1) is 0 Å². The number of carbonyl (C=O) groups excluding carboxylic acids is 2. The second kappa shape index (κ2) is 70.3. The molecular formula is C75H141NO5. The first-order valence-electron chi connectivity index (χ1n) is 36.4. The molecule has 0 aliphatic carbocycles. The van der Waals surface area contributed by atoms with Crippen LogP contribution in [0.2, 0.25) is 0 Å². The van der Waals surface area contributed by atoms with Crippen LogP contribution in [0.4, 0.5) is 0 Å². The van der Waals surface area contributed by atoms with Crippen molar-refractivity contribution in [2.75, 3.05) is 13.2 Å². The number of unbranched alkanes of at least 4 members (excludes halogenated alkanes) is 51. The third-order valence-corrected chi connectivity index (χ3v) is 16.8. The summed E-state index contributed by atoms with van der Waals surface area (Å²) in [4.78, 5) is 24.6. The zero-order chi connectivity index (χ0) is 58.5. The third-order valence-electron chi connectivity index (χ3n) is 16.8. The maximum Gasteiger partial charge on any atom is 0.305 e. The molecule has 6 nitrogen and oxygen atoms in total. The molecule has 81 heavy (non-hydrogen) atoms. The van der Waals surface area contributed by atoms with E-state index in [1.54, 1.807) is 6.08 Å². The molecule has 0 aliphatic heterocycles. The first-order valence-corrected chi connectivity index (χ1v) is 36.4. The van der Waals surface area contributed by atoms with Crippen molar-refractivity contribution in [1.82, 2.24) is 5.32 Å². The second-order valence-corrected chi connectivity index (χ2v) is 24.9. The number of carbonyl (C=O) groups is 2. The Labute approximate surface area is 506 Å². The van der Waals surface area contributed by atoms with Gasteiger partial charge in [-0.05, 0) is 89.9 Å². The highest BCUT2D eigenvalue weighted by atomic mass is 16.5. The zero-order valence-electron chi connectivity index (χ0n) is 54.5. The summed E-state index contributed by atoms with van der Waals surface area (Å²) in [6.07, 6.45) is 91.9. The molecule has 1 amide bonds. The van der Waals surface area contributed by atoms with Crippen LogP contribution >= 0.6 is 0 Å². The van der Waals surface area contributed by atoms with Crippen LogP contribution in [-0.4, -0.2) is 47.4 Å². The van der Waals surface area contributed by atoms with Gasteiger partial charge < -0.3 is 20.3 Å². The molecule has 0 aliphatic rings. The number of nitrogens with one attached hydrogen (secondary N) is 1. The summed E-state index contributed by atoms with van der Waals surface area (Å²) < 4.78 is 5.51. The fourth-order valence-corrected chi connectivity index (χ4v) is 11.3. The van der Waals surface area contributed by atoms with Crippen molar-refractivity contribution in [1.29, 1.82) is 0 Å². The molecule has 0 spiro atoms. The van der Waals surface area contributed by atoms with E-state index in [9.17, 15) is 19.8 Å². The predicted molar refractivity (Wildman–Crippen MR) is 356 cm³/mol. The van der Waals surface area contributed by atoms with E-state index in [1.807, 2.05) is 6.08 Å². The summed E-state index contributed by atoms with van der Waals surface area (Å²) >= 11 is 0. The fraction of sp³-hybridized carbons (Fsp3) is 0.867. The smallest absolute Gasteiger partial charge is 0.305 e. The molecule has 2 unspecified atom stereocenters. The molecule has 0 aromatic carbocycles. The van der Waals surface area contributed by atoms with Crippen molar-refractivity contribution in [2.45, 2.75) is 405 Å². The van der Waals surface area contributed by atoms with Crippen LogP contribution in [0, 0.1) is 0 Å². The normalized spacial score (nSPS) is 12.8. The van der Waals surface area contributed by atoms with Gasteiger partial charge in [0.1, 0.15) is 0 Å². The topological polar surface area (TPSA) is 95.9 Å². The molecule has 0 saturated heterocycles. The molecule has 0 aromatic heterocycles. The van der Waals surface area contributed by atoms with E-state index < -0.39 is 12.1 Å². The average Bonchev–Trinajstić information content (AvgIpc) is 3.47. The molecule has 6 heteroatoms. The molecule has 0 radical (unpaired) electrons. The molecule has 2 atom stereocenters. The van der Waals surface area contributed by atoms with Crippen LogP contribution in [-0.2, 0) is 14.3 Å². The summed E-state index contributed by atoms with van der Waals surface area (Å²) in [5.74, 6) is -0.0549. The van der Waals surface area contributed by atoms with Gasteiger partial charge in [-0.25, -0.2) is 0 Å². The van der Waals surface area contributed by atoms with Gasteiger partial charge in [-0.2, -0.15) is 0 Å². The lowest BCUT2D eigenvalue weighted by Gasteiger charge is -2.20. The number of allylic oxidation sites excluding steroid dienone is 7. The SMILES string of the molecule is CCCCC/C=C\C/C=C\CCCCCCCCCCCC(=O)OCCCCCCCCCCCCCC/C=C\CCCCCCCCCCCCCC(=O)NC(CO)C(O)/C=C/CCCCCCCCCCCCCCCCCC. The van der Waals surface area contributed by atoms with Crippen LogP contribution in [0.5, 0.6) is 0 Å². The number of aliphatic hydroxyl groups excluding tert-OH is 2. The van der Waals surface area contributed by atoms with Crippen LogP contribution in [0.15, 0.2) is 48.6 Å². The van der Waals surface area contributed by atoms with Crippen molar-refractivity contribution in [3.05, 3.63) is 48.6 Å². The molecule has 0 fully saturated rings. The van der Waals surface area contributed by atoms with Crippen molar-refractivity contribution in [3.63, 3.8) is 0 Å². The monoisotopic (exact) mass is 1140 g/mol. The summed E-state index contributed by atoms with van der Waals surface area (Å²) in [6.45, 7) is 4.91. The summed E-state index contributed by atoms with van der Waals surface area (Å²) in [6, 6.07) is -0.630. The Balaban J connectivity index is 3.40. The highest BCUT2D eigenvalue weighted by Gasteiger charge is 2.18. The second-order valence-electron chi connectivity index (χ2n) is 24.9. The Morgan fingerprint density at radius 2 is 0.617 bits per heavy atom. The number of hydrogen-bond donors (Lipinski definition) is 3. The van der Waals surface area contributed by atoms with E-state index in [4.69, 9.17) is 4.74 Å². The number of esters is 1. The van der Waals surface area contributed by atoms with Crippen molar-refractivity contribution < 1.29 is 24.5 Å². The minimum Gasteiger partial charge on any atom is -0.466 e. The van der Waals surface area contributed by atoms with E-state index in [0.717, 1.165) is 51.4 Å². The highest BCUT2D eigenvalue weighted by molar-refractivity contribution is 5.76. The lowest BCUT2D eigenvalue weighted by Crippen LogP contribution is -2.45. The van der Waals surface area contributed by atoms with Crippen LogP contribution in [0.3, 0.4) is 0 Å². The third kappa shape index (κ3) is 66.8. The molecule has 476 valence electrons. The minimum atomic E-state index is -0.846. The average molecular weight is 1140 g/mol. The number of amides is 1. The summed E-state index contributed by atoms with van der Waals surface area (Å²) in [7, 11) is 0. The van der Waals surface area contributed by atoms with E-state index in [-0.39, 0.29) is 18.5 Å². The van der Waals surface area contributed by atoms with Crippen molar-refractivity contribution in [3.8, 4) is 0 Å². The van der Waals surface area contributed by atoms with Crippen LogP contribution < -0.4 is 5.32 Å². The number of aliphatic hydroxyl groups is 2. The van der Waals surface area contributed by atoms with Gasteiger partial charge in [0.2, 0.25) is 5.91 Å². The van der Waals surface area contributed by atoms with E-state index >= 15 is 0 Å². The molecule has 0 rings (SSSR count). The molecule has 0 heterocycles. The molecule has 0 bridgehead atoms. The van der Waals surface area contributed by atoms with E-state index in [1.165, 1.54) is 315 Å². The quantitative estimate of drug-likeness (QED) is 0.0320. The molecule has 3 N–H and O–H groups in total. The molecular weight excluding hydrogens is 995 g/mol. The van der Waals surface area contributed by atoms with Crippen LogP contribution in [0.1, 0.15) is 393 Å². The maximum absolute atomic E-state index is 12.5. The lowest BCUT2D eigenvalue weighted by molar-refractivity contribution is -0.143. The van der Waals surface area contributed by atoms with Gasteiger partial charge in [0.05, 0.1) is 25.4 Å². The maximum atomic E-state index is 12.5. The first-order chi connectivity index (χ1) is 40.0. The minimum absolute atomic E-state index is 0.0112. The van der Waals surface area contributed by atoms with E-state index in [2.05, 4.69) is 55.6 Å². The van der Waals surface area contributed by atoms with Gasteiger partial charge in [0.15, 0.2) is 0 Å². The van der Waals surface area contributed by atoms with Gasteiger partial charge in [0.25, 0.3) is 0 Å². The lowest BCUT2D eigenvalue weighted by atomic mass is 10.0. The van der Waals surface area contributed by atoms with Crippen molar-refractivity contribution >= 4 is 11.9 Å². The van der Waals surface area contributed by atoms with Crippen molar-refractivity contribution in [2.24, 2.45) is 0 Å². The Morgan fingerprint density at radius 1 is 0.346 bits per heavy atom. The molecule has 0 saturated carbocycles. The van der Waals surface area contributed by atoms with Gasteiger partial charge in [-0.3, -0.25) is 9.59 Å². The summed E-state index contributed by atoms with van der Waals surface area (Å²) in [5.41, 5.74) is 0. The van der Waals surface area contributed by atoms with Gasteiger partial charge in [-0.1, -0.05) is 339 Å². The van der Waals surface area contributed by atoms with E-state index in [0.29, 0.717) is 19.4 Å². The Morgan fingerprint density at radius 3 is 0.975 bits per heavy atom. The van der Waals surface area contributed by atoms with Crippen LogP contribution in [0.25, 0.3) is 0 Å². The number of ether oxygens (including phenoxy) is 1. The largest absolute Gasteiger partial charge is 0.466 e. The fourth-order valence-electron chi connectivity index (χ4n) is 11.3. The number of rotatable bonds is 68. The molecule has 0 aromatic rings. The Kier molecular flexibility index (Phi) is 68.4. The Hall–Kier alpha value is -2.18. The Bertz CT molecular complexity index is 1360. The van der Waals surface area contributed by atoms with Gasteiger partial charge in [0, 0.05) is 12.8 Å². The standard InChI is InChI=1S/C75H141NO5/c1-3-5-7-9-11-13-15-17-19-21-32-37-41-45-49-53-57-61-65-69-75(80)81-70-66-62-58-54-50-46-42-38-34-31-29-27-25-23-24-26-28-30-33-36-40-44-48-52-56-60-64-68-74(79)76-72(71-77)73(78)67-63-59-55-51-47-43-39-35-22-20-18-16-14-12-10-8-6-4-2/h11,13,17,19,23-24,63,67,72-73,77-78H,3-10,12,14-16,18,20-22,25-62,64-66,68-71H2,1-2H3,(H,76,79)/b13-11-,19-17-,24-23-,67-63+. The predicted octanol–water partition coefficient (Wildman–Crippen LogP) is 23.6. The summed E-state index contributed by atoms with van der Waals surface area (Å²) in [5, 5.41) is 23.2. The zero-order valence-corrected chi connectivity index (χ0v) is 54.5. The number of hydrogen-bond acceptors (Lipinski definition) is 5.